The smallest absolute Gasteiger partial charge is 0.223 e. The number of hydrogen-bond donors (Lipinski definition) is 0. The summed E-state index contributed by atoms with van der Waals surface area (Å²) >= 11 is 1.64. The minimum atomic E-state index is 0.124. The number of hydrogen-bond acceptors (Lipinski definition) is 4. The van der Waals surface area contributed by atoms with E-state index in [0.29, 0.717) is 25.9 Å². The van der Waals surface area contributed by atoms with Gasteiger partial charge in [0.05, 0.1) is 19.9 Å². The number of nitrogens with zero attached hydrogens (tertiary/aromatic N) is 1. The lowest BCUT2D eigenvalue weighted by molar-refractivity contribution is -0.132. The largest absolute Gasteiger partial charge is 0.497 e. The molecule has 0 saturated carbocycles. The Kier molecular flexibility index (Phi) is 5.90. The zero-order valence-electron chi connectivity index (χ0n) is 14.2. The molecule has 1 amide bonds. The predicted molar refractivity (Wildman–Crippen MR) is 98.6 cm³/mol. The number of benzene rings is 1. The highest BCUT2D eigenvalue weighted by atomic mass is 32.1. The molecule has 2 heterocycles. The summed E-state index contributed by atoms with van der Waals surface area (Å²) in [5.74, 6) is 1.75. The molecular formula is C20H21NO3S. The van der Waals surface area contributed by atoms with Gasteiger partial charge in [0.25, 0.3) is 0 Å². The Labute approximate surface area is 151 Å². The lowest BCUT2D eigenvalue weighted by atomic mass is 10.1. The Morgan fingerprint density at radius 2 is 1.96 bits per heavy atom. The van der Waals surface area contributed by atoms with Gasteiger partial charge < -0.3 is 14.1 Å². The van der Waals surface area contributed by atoms with Gasteiger partial charge in [0.15, 0.2) is 0 Å². The number of carbonyl (C=O) groups is 1. The third-order valence-corrected chi connectivity index (χ3v) is 4.75. The van der Waals surface area contributed by atoms with Gasteiger partial charge in [-0.3, -0.25) is 4.79 Å². The highest BCUT2D eigenvalue weighted by molar-refractivity contribution is 7.07. The molecule has 0 aliphatic rings. The van der Waals surface area contributed by atoms with Crippen molar-refractivity contribution in [2.24, 2.45) is 0 Å². The summed E-state index contributed by atoms with van der Waals surface area (Å²) < 4.78 is 10.6. The minimum Gasteiger partial charge on any atom is -0.497 e. The van der Waals surface area contributed by atoms with Crippen molar-refractivity contribution in [3.63, 3.8) is 0 Å². The molecule has 1 aromatic carbocycles. The van der Waals surface area contributed by atoms with Gasteiger partial charge in [0, 0.05) is 13.0 Å². The topological polar surface area (TPSA) is 42.7 Å². The maximum absolute atomic E-state index is 12.8. The lowest BCUT2D eigenvalue weighted by Crippen LogP contribution is -2.30. The van der Waals surface area contributed by atoms with Gasteiger partial charge in [-0.05, 0) is 58.6 Å². The summed E-state index contributed by atoms with van der Waals surface area (Å²) in [6, 6.07) is 13.6. The van der Waals surface area contributed by atoms with E-state index in [0.717, 1.165) is 22.6 Å². The summed E-state index contributed by atoms with van der Waals surface area (Å²) in [4.78, 5) is 14.6. The van der Waals surface area contributed by atoms with Gasteiger partial charge in [-0.15, -0.1) is 0 Å². The monoisotopic (exact) mass is 355 g/mol. The lowest BCUT2D eigenvalue weighted by Gasteiger charge is -2.21. The fraction of sp³-hybridized carbons (Fsp3) is 0.250. The van der Waals surface area contributed by atoms with Crippen molar-refractivity contribution >= 4 is 17.2 Å². The third-order valence-electron chi connectivity index (χ3n) is 4.02. The van der Waals surface area contributed by atoms with Crippen molar-refractivity contribution in [2.45, 2.75) is 25.9 Å². The fourth-order valence-corrected chi connectivity index (χ4v) is 3.29. The van der Waals surface area contributed by atoms with Crippen molar-refractivity contribution in [1.29, 1.82) is 0 Å². The SMILES string of the molecule is COc1ccc(CCC(=O)N(Cc2ccsc2)Cc2ccco2)cc1. The second-order valence-electron chi connectivity index (χ2n) is 5.81. The quantitative estimate of drug-likeness (QED) is 0.597. The molecule has 0 radical (unpaired) electrons. The normalized spacial score (nSPS) is 10.6. The van der Waals surface area contributed by atoms with Crippen LogP contribution in [0.2, 0.25) is 0 Å². The number of ether oxygens (including phenoxy) is 1. The minimum absolute atomic E-state index is 0.124. The van der Waals surface area contributed by atoms with Crippen molar-refractivity contribution in [3.8, 4) is 5.75 Å². The van der Waals surface area contributed by atoms with Crippen molar-refractivity contribution in [1.82, 2.24) is 4.90 Å². The van der Waals surface area contributed by atoms with E-state index < -0.39 is 0 Å². The zero-order valence-corrected chi connectivity index (χ0v) is 15.0. The third kappa shape index (κ3) is 4.97. The molecule has 0 N–H and O–H groups in total. The first-order valence-electron chi connectivity index (χ1n) is 8.19. The van der Waals surface area contributed by atoms with E-state index in [1.54, 1.807) is 24.7 Å². The fourth-order valence-electron chi connectivity index (χ4n) is 2.63. The number of thiophene rings is 1. The average Bonchev–Trinajstić information content (AvgIpc) is 3.33. The predicted octanol–water partition coefficient (Wildman–Crippen LogP) is 4.51. The van der Waals surface area contributed by atoms with Crippen LogP contribution in [0.15, 0.2) is 63.9 Å². The summed E-state index contributed by atoms with van der Waals surface area (Å²) in [6.07, 6.45) is 2.82. The van der Waals surface area contributed by atoms with Crippen LogP contribution < -0.4 is 4.74 Å². The Balaban J connectivity index is 1.62. The maximum Gasteiger partial charge on any atom is 0.223 e. The highest BCUT2D eigenvalue weighted by Crippen LogP contribution is 2.16. The molecule has 5 heteroatoms. The number of methoxy groups -OCH3 is 1. The molecule has 0 aliphatic heterocycles. The van der Waals surface area contributed by atoms with Crippen molar-refractivity contribution in [3.05, 3.63) is 76.4 Å². The first kappa shape index (κ1) is 17.3. The van der Waals surface area contributed by atoms with E-state index in [-0.39, 0.29) is 5.91 Å². The molecule has 0 atom stereocenters. The summed E-state index contributed by atoms with van der Waals surface area (Å²) in [5, 5.41) is 4.11. The molecule has 130 valence electrons. The van der Waals surface area contributed by atoms with Gasteiger partial charge in [0.2, 0.25) is 5.91 Å². The first-order valence-corrected chi connectivity index (χ1v) is 9.13. The van der Waals surface area contributed by atoms with E-state index in [1.807, 2.05) is 46.7 Å². The molecule has 0 fully saturated rings. The molecular weight excluding hydrogens is 334 g/mol. The first-order chi connectivity index (χ1) is 12.2. The molecule has 0 bridgehead atoms. The van der Waals surface area contributed by atoms with E-state index >= 15 is 0 Å². The van der Waals surface area contributed by atoms with Crippen LogP contribution in [0, 0.1) is 0 Å². The Hall–Kier alpha value is -2.53. The number of furan rings is 1. The molecule has 3 aromatic rings. The standard InChI is InChI=1S/C20H21NO3S/c1-23-18-7-4-16(5-8-18)6-9-20(22)21(13-17-10-12-25-15-17)14-19-3-2-11-24-19/h2-5,7-8,10-12,15H,6,9,13-14H2,1H3. The van der Waals surface area contributed by atoms with E-state index in [4.69, 9.17) is 9.15 Å². The molecule has 0 spiro atoms. The van der Waals surface area contributed by atoms with Crippen LogP contribution >= 0.6 is 11.3 Å². The molecule has 0 aliphatic carbocycles. The van der Waals surface area contributed by atoms with Crippen LogP contribution in [0.5, 0.6) is 5.75 Å². The van der Waals surface area contributed by atoms with Crippen LogP contribution in [0.3, 0.4) is 0 Å². The van der Waals surface area contributed by atoms with Crippen LogP contribution in [-0.4, -0.2) is 17.9 Å². The second kappa shape index (κ2) is 8.53. The van der Waals surface area contributed by atoms with Crippen molar-refractivity contribution < 1.29 is 13.9 Å². The molecule has 25 heavy (non-hydrogen) atoms. The van der Waals surface area contributed by atoms with Crippen molar-refractivity contribution in [2.75, 3.05) is 7.11 Å². The van der Waals surface area contributed by atoms with Gasteiger partial charge in [-0.1, -0.05) is 12.1 Å². The van der Waals surface area contributed by atoms with Crippen LogP contribution in [0.25, 0.3) is 0 Å². The van der Waals surface area contributed by atoms with Gasteiger partial charge in [-0.25, -0.2) is 0 Å². The van der Waals surface area contributed by atoms with E-state index in [2.05, 4.69) is 11.4 Å². The number of amides is 1. The molecule has 2 aromatic heterocycles. The van der Waals surface area contributed by atoms with Gasteiger partial charge in [-0.2, -0.15) is 11.3 Å². The highest BCUT2D eigenvalue weighted by Gasteiger charge is 2.16. The van der Waals surface area contributed by atoms with Gasteiger partial charge in [0.1, 0.15) is 11.5 Å². The summed E-state index contributed by atoms with van der Waals surface area (Å²) in [7, 11) is 1.65. The molecule has 0 saturated heterocycles. The molecule has 3 rings (SSSR count). The van der Waals surface area contributed by atoms with Crippen LogP contribution in [0.1, 0.15) is 23.3 Å². The van der Waals surface area contributed by atoms with Crippen LogP contribution in [-0.2, 0) is 24.3 Å². The van der Waals surface area contributed by atoms with Gasteiger partial charge >= 0.3 is 0 Å². The average molecular weight is 355 g/mol. The number of aryl methyl sites for hydroxylation is 1. The second-order valence-corrected chi connectivity index (χ2v) is 6.59. The Morgan fingerprint density at radius 3 is 2.60 bits per heavy atom. The Bertz CT molecular complexity index is 728. The maximum atomic E-state index is 12.8. The molecule has 4 nitrogen and oxygen atoms in total. The van der Waals surface area contributed by atoms with Crippen LogP contribution in [0.4, 0.5) is 0 Å². The molecule has 0 unspecified atom stereocenters. The Morgan fingerprint density at radius 1 is 1.12 bits per heavy atom. The zero-order chi connectivity index (χ0) is 17.5. The van der Waals surface area contributed by atoms with E-state index in [1.165, 1.54) is 0 Å². The van der Waals surface area contributed by atoms with E-state index in [9.17, 15) is 4.79 Å². The summed E-state index contributed by atoms with van der Waals surface area (Å²) in [5.41, 5.74) is 2.27. The number of carbonyl (C=O) groups excluding carboxylic acids is 1. The summed E-state index contributed by atoms with van der Waals surface area (Å²) in [6.45, 7) is 1.09. The number of rotatable bonds is 8.